The maximum Gasteiger partial charge on any atom is 0.146 e. The van der Waals surface area contributed by atoms with Crippen molar-refractivity contribution in [2.75, 3.05) is 25.4 Å². The molecule has 37 heavy (non-hydrogen) atoms. The number of nitrogens with two attached hydrogens (primary N) is 1. The Morgan fingerprint density at radius 1 is 1.08 bits per heavy atom. The van der Waals surface area contributed by atoms with Crippen LogP contribution in [0, 0.1) is 12.8 Å². The summed E-state index contributed by atoms with van der Waals surface area (Å²) in [6.07, 6.45) is 6.10. The van der Waals surface area contributed by atoms with Gasteiger partial charge in [-0.05, 0) is 68.3 Å². The predicted octanol–water partition coefficient (Wildman–Crippen LogP) is 4.98. The van der Waals surface area contributed by atoms with Crippen LogP contribution in [0.1, 0.15) is 43.0 Å². The summed E-state index contributed by atoms with van der Waals surface area (Å²) in [4.78, 5) is 11.5. The Morgan fingerprint density at radius 2 is 1.92 bits per heavy atom. The first-order valence-electron chi connectivity index (χ1n) is 13.4. The second-order valence-electron chi connectivity index (χ2n) is 10.6. The van der Waals surface area contributed by atoms with E-state index in [0.29, 0.717) is 30.4 Å². The normalized spacial score (nSPS) is 21.8. The van der Waals surface area contributed by atoms with E-state index in [2.05, 4.69) is 45.6 Å². The molecule has 0 amide bonds. The average molecular weight is 498 g/mol. The summed E-state index contributed by atoms with van der Waals surface area (Å²) < 4.78 is 8.51. The molecule has 1 aliphatic heterocycles. The standard InChI is InChI=1S/C30H35N5O2/c1-20-27(23-9-5-11-26(15-23)37-18-21-7-3-2-4-8-21)28-29(31)32-19-33-30(28)35(20)25-13-22(14-25)16-34-12-6-10-24(34)17-36/h2-5,7-9,11,15,19,22,24-25,36H,6,10,12-14,16-18H2,1H3,(H2,31,32,33)/t22-,24-,25+/m1/s1. The number of rotatable bonds is 8. The van der Waals surface area contributed by atoms with E-state index in [1.165, 1.54) is 12.1 Å². The zero-order chi connectivity index (χ0) is 25.4. The second kappa shape index (κ2) is 10.1. The third-order valence-electron chi connectivity index (χ3n) is 8.21. The van der Waals surface area contributed by atoms with Crippen LogP contribution in [0.15, 0.2) is 60.9 Å². The molecule has 0 radical (unpaired) electrons. The molecule has 2 aromatic heterocycles. The summed E-state index contributed by atoms with van der Waals surface area (Å²) in [6, 6.07) is 19.2. The van der Waals surface area contributed by atoms with E-state index >= 15 is 0 Å². The molecule has 3 N–H and O–H groups in total. The average Bonchev–Trinajstić information content (AvgIpc) is 3.47. The van der Waals surface area contributed by atoms with Crippen LogP contribution in [0.5, 0.6) is 5.75 Å². The molecular formula is C30H35N5O2. The number of fused-ring (bicyclic) bond motifs is 1. The topological polar surface area (TPSA) is 89.4 Å². The van der Waals surface area contributed by atoms with Gasteiger partial charge in [0.05, 0.1) is 12.0 Å². The van der Waals surface area contributed by atoms with Crippen molar-refractivity contribution in [3.8, 4) is 16.9 Å². The largest absolute Gasteiger partial charge is 0.489 e. The number of aliphatic hydroxyl groups excluding tert-OH is 1. The number of anilines is 1. The number of aromatic nitrogens is 3. The van der Waals surface area contributed by atoms with Crippen LogP contribution in [0.3, 0.4) is 0 Å². The minimum absolute atomic E-state index is 0.269. The zero-order valence-electron chi connectivity index (χ0n) is 21.4. The summed E-state index contributed by atoms with van der Waals surface area (Å²) in [5.74, 6) is 1.98. The number of nitrogen functional groups attached to an aromatic ring is 1. The molecule has 192 valence electrons. The van der Waals surface area contributed by atoms with Gasteiger partial charge in [-0.25, -0.2) is 9.97 Å². The first-order chi connectivity index (χ1) is 18.1. The molecule has 0 unspecified atom stereocenters. The SMILES string of the molecule is Cc1c(-c2cccc(OCc3ccccc3)c2)c2c(N)ncnc2n1[C@H]1C[C@@H](CN2CCC[C@@H]2CO)C1. The third-order valence-corrected chi connectivity index (χ3v) is 8.21. The van der Waals surface area contributed by atoms with E-state index in [1.807, 2.05) is 30.3 Å². The molecule has 0 bridgehead atoms. The van der Waals surface area contributed by atoms with Crippen LogP contribution in [0.2, 0.25) is 0 Å². The van der Waals surface area contributed by atoms with Crippen LogP contribution < -0.4 is 10.5 Å². The number of hydrogen-bond donors (Lipinski definition) is 2. The van der Waals surface area contributed by atoms with Gasteiger partial charge < -0.3 is 20.1 Å². The Balaban J connectivity index is 1.27. The quantitative estimate of drug-likeness (QED) is 0.357. The van der Waals surface area contributed by atoms with Gasteiger partial charge in [-0.3, -0.25) is 4.90 Å². The van der Waals surface area contributed by atoms with Crippen molar-refractivity contribution in [3.63, 3.8) is 0 Å². The van der Waals surface area contributed by atoms with Crippen molar-refractivity contribution in [2.24, 2.45) is 5.92 Å². The number of likely N-dealkylation sites (tertiary alicyclic amines) is 1. The molecule has 2 aromatic carbocycles. The van der Waals surface area contributed by atoms with E-state index in [-0.39, 0.29) is 6.61 Å². The zero-order valence-corrected chi connectivity index (χ0v) is 21.4. The lowest BCUT2D eigenvalue weighted by Crippen LogP contribution is -2.41. The summed E-state index contributed by atoms with van der Waals surface area (Å²) >= 11 is 0. The molecule has 2 aliphatic rings. The van der Waals surface area contributed by atoms with E-state index in [1.54, 1.807) is 6.33 Å². The van der Waals surface area contributed by atoms with Crippen molar-refractivity contribution in [1.82, 2.24) is 19.4 Å². The molecule has 1 saturated carbocycles. The second-order valence-corrected chi connectivity index (χ2v) is 10.6. The van der Waals surface area contributed by atoms with Crippen molar-refractivity contribution in [3.05, 3.63) is 72.2 Å². The van der Waals surface area contributed by atoms with Crippen LogP contribution in [-0.2, 0) is 6.61 Å². The lowest BCUT2D eigenvalue weighted by Gasteiger charge is -2.40. The number of ether oxygens (including phenoxy) is 1. The van der Waals surface area contributed by atoms with Crippen LogP contribution in [0.25, 0.3) is 22.2 Å². The van der Waals surface area contributed by atoms with Crippen molar-refractivity contribution < 1.29 is 9.84 Å². The minimum Gasteiger partial charge on any atom is -0.489 e. The lowest BCUT2D eigenvalue weighted by molar-refractivity contribution is 0.0965. The Kier molecular flexibility index (Phi) is 6.57. The van der Waals surface area contributed by atoms with Gasteiger partial charge in [-0.15, -0.1) is 0 Å². The molecule has 4 aromatic rings. The van der Waals surface area contributed by atoms with Crippen LogP contribution in [-0.4, -0.2) is 50.3 Å². The van der Waals surface area contributed by atoms with Gasteiger partial charge in [-0.1, -0.05) is 42.5 Å². The lowest BCUT2D eigenvalue weighted by atomic mass is 9.79. The highest BCUT2D eigenvalue weighted by Crippen LogP contribution is 2.46. The summed E-state index contributed by atoms with van der Waals surface area (Å²) in [7, 11) is 0. The molecule has 7 nitrogen and oxygen atoms in total. The Morgan fingerprint density at radius 3 is 2.73 bits per heavy atom. The maximum absolute atomic E-state index is 9.69. The van der Waals surface area contributed by atoms with Crippen molar-refractivity contribution in [1.29, 1.82) is 0 Å². The minimum atomic E-state index is 0.269. The smallest absolute Gasteiger partial charge is 0.146 e. The number of nitrogens with zero attached hydrogens (tertiary/aromatic N) is 4. The molecule has 3 heterocycles. The van der Waals surface area contributed by atoms with E-state index in [0.717, 1.165) is 65.8 Å². The van der Waals surface area contributed by atoms with Gasteiger partial charge in [0.1, 0.15) is 30.1 Å². The first-order valence-corrected chi connectivity index (χ1v) is 13.4. The number of aliphatic hydroxyl groups is 1. The van der Waals surface area contributed by atoms with Gasteiger partial charge in [-0.2, -0.15) is 0 Å². The van der Waals surface area contributed by atoms with E-state index < -0.39 is 0 Å². The molecule has 0 spiro atoms. The van der Waals surface area contributed by atoms with Gasteiger partial charge in [0.15, 0.2) is 0 Å². The van der Waals surface area contributed by atoms with Gasteiger partial charge >= 0.3 is 0 Å². The molecule has 1 aliphatic carbocycles. The molecule has 1 atom stereocenters. The molecule has 6 rings (SSSR count). The molecule has 7 heteroatoms. The highest BCUT2D eigenvalue weighted by molar-refractivity contribution is 6.02. The highest BCUT2D eigenvalue weighted by Gasteiger charge is 2.37. The fraction of sp³-hybridized carbons (Fsp3) is 0.400. The van der Waals surface area contributed by atoms with Crippen molar-refractivity contribution >= 4 is 16.9 Å². The fourth-order valence-corrected chi connectivity index (χ4v) is 6.29. The Labute approximate surface area is 217 Å². The number of hydrogen-bond acceptors (Lipinski definition) is 6. The monoisotopic (exact) mass is 497 g/mol. The summed E-state index contributed by atoms with van der Waals surface area (Å²) in [5, 5.41) is 10.6. The van der Waals surface area contributed by atoms with Crippen LogP contribution in [0.4, 0.5) is 5.82 Å². The maximum atomic E-state index is 9.69. The Hall–Kier alpha value is -3.42. The van der Waals surface area contributed by atoms with Gasteiger partial charge in [0.25, 0.3) is 0 Å². The predicted molar refractivity (Wildman–Crippen MR) is 146 cm³/mol. The highest BCUT2D eigenvalue weighted by atomic mass is 16.5. The molecular weight excluding hydrogens is 462 g/mol. The first kappa shape index (κ1) is 23.9. The summed E-state index contributed by atoms with van der Waals surface area (Å²) in [5.41, 5.74) is 11.8. The third kappa shape index (κ3) is 4.58. The van der Waals surface area contributed by atoms with E-state index in [9.17, 15) is 5.11 Å². The van der Waals surface area contributed by atoms with Crippen LogP contribution >= 0.6 is 0 Å². The van der Waals surface area contributed by atoms with Gasteiger partial charge in [0.2, 0.25) is 0 Å². The molecule has 1 saturated heterocycles. The Bertz CT molecular complexity index is 1380. The van der Waals surface area contributed by atoms with Gasteiger partial charge in [0, 0.05) is 29.9 Å². The van der Waals surface area contributed by atoms with E-state index in [4.69, 9.17) is 15.5 Å². The number of benzene rings is 2. The molecule has 2 fully saturated rings. The summed E-state index contributed by atoms with van der Waals surface area (Å²) in [6.45, 7) is 5.14. The fourth-order valence-electron chi connectivity index (χ4n) is 6.29. The van der Waals surface area contributed by atoms with Crippen molar-refractivity contribution in [2.45, 2.75) is 51.3 Å².